The second kappa shape index (κ2) is 6.46. The number of pyridine rings is 1. The Morgan fingerprint density at radius 3 is 2.65 bits per heavy atom. The number of fused-ring (bicyclic) bond motifs is 1. The van der Waals surface area contributed by atoms with Crippen molar-refractivity contribution in [1.82, 2.24) is 4.98 Å². The van der Waals surface area contributed by atoms with E-state index in [1.807, 2.05) is 12.1 Å². The number of alkyl halides is 3. The normalized spacial score (nSPS) is 11.8. The lowest BCUT2D eigenvalue weighted by Crippen LogP contribution is -2.10. The maximum absolute atomic E-state index is 12.0. The zero-order valence-corrected chi connectivity index (χ0v) is 13.9. The molecule has 20 heavy (non-hydrogen) atoms. The van der Waals surface area contributed by atoms with Crippen LogP contribution < -0.4 is 4.74 Å². The molecule has 0 atom stereocenters. The molecule has 0 amide bonds. The first kappa shape index (κ1) is 15.8. The third-order valence-electron chi connectivity index (χ3n) is 2.59. The van der Waals surface area contributed by atoms with E-state index in [9.17, 15) is 13.2 Å². The van der Waals surface area contributed by atoms with Crippen molar-refractivity contribution < 1.29 is 17.9 Å². The number of hydrogen-bond donors (Lipinski definition) is 0. The van der Waals surface area contributed by atoms with E-state index in [1.54, 1.807) is 12.3 Å². The van der Waals surface area contributed by atoms with Crippen LogP contribution in [0.2, 0.25) is 0 Å². The van der Waals surface area contributed by atoms with Gasteiger partial charge >= 0.3 is 6.18 Å². The van der Waals surface area contributed by atoms with E-state index in [4.69, 9.17) is 4.74 Å². The third kappa shape index (κ3) is 4.47. The van der Waals surface area contributed by atoms with Gasteiger partial charge in [0.2, 0.25) is 5.88 Å². The first-order chi connectivity index (χ1) is 9.35. The minimum absolute atomic E-state index is 0.00353. The molecule has 0 aliphatic rings. The average molecular weight is 460 g/mol. The van der Waals surface area contributed by atoms with Gasteiger partial charge in [0, 0.05) is 32.1 Å². The Morgan fingerprint density at radius 2 is 1.95 bits per heavy atom. The summed E-state index contributed by atoms with van der Waals surface area (Å²) in [5.74, 6) is 0.341. The Morgan fingerprint density at radius 1 is 1.20 bits per heavy atom. The van der Waals surface area contributed by atoms with Gasteiger partial charge in [-0.1, -0.05) is 0 Å². The lowest BCUT2D eigenvalue weighted by Gasteiger charge is -2.08. The Balaban J connectivity index is 2.03. The molecule has 0 spiro atoms. The van der Waals surface area contributed by atoms with E-state index in [1.165, 1.54) is 0 Å². The summed E-state index contributed by atoms with van der Waals surface area (Å²) < 4.78 is 43.3. The van der Waals surface area contributed by atoms with Crippen LogP contribution in [0, 0.1) is 3.57 Å². The van der Waals surface area contributed by atoms with Crippen molar-refractivity contribution in [2.45, 2.75) is 19.0 Å². The minimum Gasteiger partial charge on any atom is -0.478 e. The molecule has 1 aromatic heterocycles. The maximum atomic E-state index is 12.0. The smallest absolute Gasteiger partial charge is 0.389 e. The summed E-state index contributed by atoms with van der Waals surface area (Å²) in [5.41, 5.74) is 0. The fourth-order valence-electron chi connectivity index (χ4n) is 1.65. The maximum Gasteiger partial charge on any atom is 0.389 e. The summed E-state index contributed by atoms with van der Waals surface area (Å²) >= 11 is 5.64. The van der Waals surface area contributed by atoms with E-state index < -0.39 is 12.6 Å². The highest BCUT2D eigenvalue weighted by Gasteiger charge is 2.26. The molecule has 2 aromatic rings. The summed E-state index contributed by atoms with van der Waals surface area (Å²) in [7, 11) is 0. The van der Waals surface area contributed by atoms with Crippen LogP contribution >= 0.6 is 38.5 Å². The zero-order valence-electron chi connectivity index (χ0n) is 10.2. The van der Waals surface area contributed by atoms with Gasteiger partial charge in [-0.05, 0) is 62.5 Å². The monoisotopic (exact) mass is 459 g/mol. The van der Waals surface area contributed by atoms with Crippen LogP contribution in [0.25, 0.3) is 10.8 Å². The molecule has 0 aliphatic carbocycles. The number of halogens is 5. The van der Waals surface area contributed by atoms with E-state index in [0.29, 0.717) is 5.88 Å². The molecule has 108 valence electrons. The van der Waals surface area contributed by atoms with Gasteiger partial charge in [-0.25, -0.2) is 4.98 Å². The summed E-state index contributed by atoms with van der Waals surface area (Å²) in [4.78, 5) is 4.09. The van der Waals surface area contributed by atoms with Crippen LogP contribution in [-0.4, -0.2) is 17.8 Å². The molecule has 2 rings (SSSR count). The largest absolute Gasteiger partial charge is 0.478 e. The fourth-order valence-corrected chi connectivity index (χ4v) is 2.50. The molecule has 0 fully saturated rings. The predicted octanol–water partition coefficient (Wildman–Crippen LogP) is 5.32. The van der Waals surface area contributed by atoms with Crippen molar-refractivity contribution in [3.05, 3.63) is 32.4 Å². The zero-order chi connectivity index (χ0) is 14.8. The Bertz CT molecular complexity index is 618. The molecule has 0 unspecified atom stereocenters. The van der Waals surface area contributed by atoms with Crippen molar-refractivity contribution >= 4 is 49.3 Å². The average Bonchev–Trinajstić information content (AvgIpc) is 2.35. The number of benzene rings is 1. The van der Waals surface area contributed by atoms with E-state index >= 15 is 0 Å². The van der Waals surface area contributed by atoms with Gasteiger partial charge in [-0.3, -0.25) is 0 Å². The Kier molecular flexibility index (Phi) is 5.11. The quantitative estimate of drug-likeness (QED) is 0.455. The van der Waals surface area contributed by atoms with Crippen LogP contribution in [0.3, 0.4) is 0 Å². The van der Waals surface area contributed by atoms with Crippen LogP contribution in [0.5, 0.6) is 5.88 Å². The van der Waals surface area contributed by atoms with E-state index in [-0.39, 0.29) is 13.0 Å². The Hall–Kier alpha value is -0.570. The van der Waals surface area contributed by atoms with Crippen LogP contribution in [0.15, 0.2) is 28.9 Å². The van der Waals surface area contributed by atoms with Crippen molar-refractivity contribution in [1.29, 1.82) is 0 Å². The summed E-state index contributed by atoms with van der Waals surface area (Å²) in [5, 5.41) is 1.89. The lowest BCUT2D eigenvalue weighted by molar-refractivity contribution is -0.136. The van der Waals surface area contributed by atoms with Gasteiger partial charge in [-0.15, -0.1) is 0 Å². The standard InChI is InChI=1S/C13H10BrF3INO/c14-10-4-8-6-12(19-7-9(8)5-11(10)18)20-3-1-2-13(15,16)17/h4-7H,1-3H2. The number of hydrogen-bond acceptors (Lipinski definition) is 2. The van der Waals surface area contributed by atoms with Gasteiger partial charge in [0.25, 0.3) is 0 Å². The van der Waals surface area contributed by atoms with Gasteiger partial charge in [-0.2, -0.15) is 13.2 Å². The van der Waals surface area contributed by atoms with Gasteiger partial charge < -0.3 is 4.74 Å². The SMILES string of the molecule is FC(F)(F)CCCOc1cc2cc(Br)c(I)cc2cn1. The third-order valence-corrected chi connectivity index (χ3v) is 4.88. The highest BCUT2D eigenvalue weighted by molar-refractivity contribution is 14.1. The number of ether oxygens (including phenoxy) is 1. The topological polar surface area (TPSA) is 22.1 Å². The minimum atomic E-state index is -4.14. The highest BCUT2D eigenvalue weighted by atomic mass is 127. The van der Waals surface area contributed by atoms with Crippen molar-refractivity contribution in [2.75, 3.05) is 6.61 Å². The van der Waals surface area contributed by atoms with Gasteiger partial charge in [0.05, 0.1) is 6.61 Å². The first-order valence-electron chi connectivity index (χ1n) is 5.79. The molecule has 7 heteroatoms. The van der Waals surface area contributed by atoms with Crippen molar-refractivity contribution in [3.63, 3.8) is 0 Å². The second-order valence-corrected chi connectivity index (χ2v) is 6.22. The molecule has 0 saturated carbocycles. The predicted molar refractivity (Wildman–Crippen MR) is 82.9 cm³/mol. The molecule has 0 N–H and O–H groups in total. The number of rotatable bonds is 4. The van der Waals surface area contributed by atoms with Crippen molar-refractivity contribution in [2.24, 2.45) is 0 Å². The fraction of sp³-hybridized carbons (Fsp3) is 0.308. The second-order valence-electron chi connectivity index (χ2n) is 4.20. The van der Waals surface area contributed by atoms with E-state index in [0.717, 1.165) is 18.8 Å². The van der Waals surface area contributed by atoms with Crippen LogP contribution in [0.1, 0.15) is 12.8 Å². The molecule has 1 heterocycles. The highest BCUT2D eigenvalue weighted by Crippen LogP contribution is 2.27. The molecular weight excluding hydrogens is 450 g/mol. The molecule has 1 aromatic carbocycles. The molecule has 0 saturated heterocycles. The first-order valence-corrected chi connectivity index (χ1v) is 7.67. The molecule has 0 radical (unpaired) electrons. The van der Waals surface area contributed by atoms with Gasteiger partial charge in [0.15, 0.2) is 0 Å². The number of aromatic nitrogens is 1. The number of nitrogens with zero attached hydrogens (tertiary/aromatic N) is 1. The molecule has 0 bridgehead atoms. The summed E-state index contributed by atoms with van der Waals surface area (Å²) in [6.45, 7) is 0.00353. The molecular formula is C13H10BrF3INO. The molecule has 2 nitrogen and oxygen atoms in total. The van der Waals surface area contributed by atoms with Crippen molar-refractivity contribution in [3.8, 4) is 5.88 Å². The summed E-state index contributed by atoms with van der Waals surface area (Å²) in [6.07, 6.45) is -3.39. The van der Waals surface area contributed by atoms with E-state index in [2.05, 4.69) is 43.5 Å². The van der Waals surface area contributed by atoms with Crippen LogP contribution in [0.4, 0.5) is 13.2 Å². The summed E-state index contributed by atoms with van der Waals surface area (Å²) in [6, 6.07) is 5.63. The Labute approximate surface area is 136 Å². The van der Waals surface area contributed by atoms with Crippen LogP contribution in [-0.2, 0) is 0 Å². The van der Waals surface area contributed by atoms with Gasteiger partial charge in [0.1, 0.15) is 0 Å². The lowest BCUT2D eigenvalue weighted by atomic mass is 10.2. The molecule has 0 aliphatic heterocycles.